The van der Waals surface area contributed by atoms with Gasteiger partial charge in [-0.15, -0.1) is 0 Å². The van der Waals surface area contributed by atoms with Crippen LogP contribution in [0.3, 0.4) is 0 Å². The number of para-hydroxylation sites is 1. The van der Waals surface area contributed by atoms with Gasteiger partial charge in [0.05, 0.1) is 11.5 Å². The number of carbonyl (C=O) groups is 1. The molecule has 10 heteroatoms. The van der Waals surface area contributed by atoms with E-state index in [1.165, 1.54) is 29.2 Å². The average molecular weight is 465 g/mol. The van der Waals surface area contributed by atoms with Crippen LogP contribution < -0.4 is 15.6 Å². The lowest BCUT2D eigenvalue weighted by Crippen LogP contribution is -2.21. The Morgan fingerprint density at radius 2 is 2.00 bits per heavy atom. The number of thioether (sulfide) groups is 2. The van der Waals surface area contributed by atoms with Gasteiger partial charge in [-0.05, 0) is 47.2 Å². The maximum Gasteiger partial charge on any atom is 0.323 e. The summed E-state index contributed by atoms with van der Waals surface area (Å²) in [5.41, 5.74) is 4.47. The second-order valence-corrected chi connectivity index (χ2v) is 9.65. The Balaban J connectivity index is 1.47. The molecular weight excluding hydrogens is 448 g/mol. The Morgan fingerprint density at radius 3 is 2.79 bits per heavy atom. The molecule has 0 saturated carbocycles. The van der Waals surface area contributed by atoms with E-state index in [-0.39, 0.29) is 17.4 Å². The summed E-state index contributed by atoms with van der Waals surface area (Å²) in [5.74, 6) is 0.514. The molecule has 0 unspecified atom stereocenters. The third-order valence-corrected chi connectivity index (χ3v) is 7.36. The topological polar surface area (TPSA) is 91.6 Å². The third-order valence-electron chi connectivity index (χ3n) is 3.69. The van der Waals surface area contributed by atoms with Gasteiger partial charge in [-0.2, -0.15) is 5.10 Å². The van der Waals surface area contributed by atoms with Crippen molar-refractivity contribution in [3.63, 3.8) is 0 Å². The van der Waals surface area contributed by atoms with E-state index < -0.39 is 0 Å². The number of rotatable bonds is 8. The van der Waals surface area contributed by atoms with Crippen LogP contribution in [-0.2, 0) is 10.5 Å². The molecule has 0 radical (unpaired) electrons. The van der Waals surface area contributed by atoms with Gasteiger partial charge in [0.25, 0.3) is 5.91 Å². The lowest BCUT2D eigenvalue weighted by molar-refractivity contribution is -0.492. The standard InChI is InChI=1S/C19H17ClN4O2S3/c1-12(14-7-3-5-9-16(14)25)21-22-17(26)11-28-19-24-23-18(29-19)27-10-13-6-2-4-8-15(13)20/h2-9,25H,10-11H2,1H3,(H,22,26)/b21-12+. The van der Waals surface area contributed by atoms with E-state index in [9.17, 15) is 9.90 Å². The number of amides is 1. The van der Waals surface area contributed by atoms with E-state index >= 15 is 0 Å². The van der Waals surface area contributed by atoms with Crippen molar-refractivity contribution in [1.29, 1.82) is 0 Å². The van der Waals surface area contributed by atoms with E-state index in [1.807, 2.05) is 24.3 Å². The highest BCUT2D eigenvalue weighted by Gasteiger charge is 2.14. The lowest BCUT2D eigenvalue weighted by Gasteiger charge is -2.12. The zero-order chi connectivity index (χ0) is 20.6. The summed E-state index contributed by atoms with van der Waals surface area (Å²) >= 11 is 10.6. The number of nitrogens with one attached hydrogen (secondary N) is 2. The molecule has 3 rings (SSSR count). The zero-order valence-corrected chi connectivity index (χ0v) is 18.6. The second kappa shape index (κ2) is 10.6. The van der Waals surface area contributed by atoms with E-state index in [4.69, 9.17) is 11.6 Å². The van der Waals surface area contributed by atoms with Crippen LogP contribution in [0, 0.1) is 0 Å². The summed E-state index contributed by atoms with van der Waals surface area (Å²) in [6.45, 7) is 1.68. The number of carbonyl (C=O) groups excluding carboxylic acids is 1. The van der Waals surface area contributed by atoms with Gasteiger partial charge in [-0.25, -0.2) is 5.43 Å². The molecular formula is C19H17ClN4O2S3. The normalized spacial score (nSPS) is 11.4. The first-order valence-electron chi connectivity index (χ1n) is 8.50. The number of halogens is 1. The molecule has 2 aromatic carbocycles. The number of aromatic nitrogens is 2. The molecule has 2 N–H and O–H groups in total. The van der Waals surface area contributed by atoms with Gasteiger partial charge in [0, 0.05) is 15.9 Å². The van der Waals surface area contributed by atoms with Gasteiger partial charge in [0.1, 0.15) is 0 Å². The van der Waals surface area contributed by atoms with E-state index in [0.717, 1.165) is 25.0 Å². The molecule has 29 heavy (non-hydrogen) atoms. The van der Waals surface area contributed by atoms with Crippen molar-refractivity contribution in [1.82, 2.24) is 10.5 Å². The summed E-state index contributed by atoms with van der Waals surface area (Å²) < 4.78 is 1.70. The summed E-state index contributed by atoms with van der Waals surface area (Å²) in [5, 5.41) is 23.7. The minimum atomic E-state index is -0.266. The minimum Gasteiger partial charge on any atom is -0.872 e. The number of nitrogens with zero attached hydrogens (tertiary/aromatic N) is 2. The fraction of sp³-hybridized carbons (Fsp3) is 0.158. The van der Waals surface area contributed by atoms with Gasteiger partial charge < -0.3 is 5.11 Å². The Kier molecular flexibility index (Phi) is 7.93. The quantitative estimate of drug-likeness (QED) is 0.312. The summed E-state index contributed by atoms with van der Waals surface area (Å²) in [6.07, 6.45) is 0. The molecule has 0 atom stereocenters. The molecule has 1 amide bonds. The average Bonchev–Trinajstić information content (AvgIpc) is 3.18. The molecule has 0 aliphatic rings. The number of aromatic amines is 1. The van der Waals surface area contributed by atoms with E-state index in [1.54, 1.807) is 36.9 Å². The molecule has 6 nitrogen and oxygen atoms in total. The van der Waals surface area contributed by atoms with Crippen LogP contribution in [0.1, 0.15) is 18.1 Å². The Morgan fingerprint density at radius 1 is 1.24 bits per heavy atom. The molecule has 0 aliphatic heterocycles. The predicted molar refractivity (Wildman–Crippen MR) is 117 cm³/mol. The highest BCUT2D eigenvalue weighted by molar-refractivity contribution is 8.03. The van der Waals surface area contributed by atoms with Crippen molar-refractivity contribution in [3.8, 4) is 5.75 Å². The summed E-state index contributed by atoms with van der Waals surface area (Å²) in [4.78, 5) is 12.0. The van der Waals surface area contributed by atoms with Gasteiger partial charge in [0.2, 0.25) is 4.34 Å². The number of H-pyrrole nitrogens is 1. The Bertz CT molecular complexity index is 1030. The molecule has 1 aromatic heterocycles. The van der Waals surface area contributed by atoms with Crippen LogP contribution in [-0.4, -0.2) is 22.5 Å². The molecule has 3 aromatic rings. The number of hydrazone groups is 1. The van der Waals surface area contributed by atoms with Crippen molar-refractivity contribution in [2.24, 2.45) is 5.10 Å². The van der Waals surface area contributed by atoms with Crippen LogP contribution >= 0.6 is 46.5 Å². The van der Waals surface area contributed by atoms with Gasteiger partial charge in [0.15, 0.2) is 0 Å². The third kappa shape index (κ3) is 6.46. The number of hydrogen-bond acceptors (Lipinski definition) is 7. The van der Waals surface area contributed by atoms with E-state index in [2.05, 4.69) is 20.7 Å². The van der Waals surface area contributed by atoms with Crippen LogP contribution in [0.2, 0.25) is 5.02 Å². The molecule has 0 saturated heterocycles. The first-order valence-corrected chi connectivity index (χ1v) is 11.7. The van der Waals surface area contributed by atoms with Crippen molar-refractivity contribution in [2.75, 3.05) is 5.75 Å². The van der Waals surface area contributed by atoms with Crippen molar-refractivity contribution in [3.05, 3.63) is 64.7 Å². The van der Waals surface area contributed by atoms with Crippen LogP contribution in [0.25, 0.3) is 0 Å². The van der Waals surface area contributed by atoms with E-state index in [0.29, 0.717) is 11.3 Å². The number of hydrogen-bond donors (Lipinski definition) is 1. The molecule has 0 aliphatic carbocycles. The monoisotopic (exact) mass is 464 g/mol. The molecule has 150 valence electrons. The first kappa shape index (κ1) is 21.6. The minimum absolute atomic E-state index is 0.127. The first-order chi connectivity index (χ1) is 14.0. The Hall–Kier alpha value is -2.07. The second-order valence-electron chi connectivity index (χ2n) is 5.78. The fourth-order valence-corrected chi connectivity index (χ4v) is 5.40. The number of benzene rings is 2. The highest BCUT2D eigenvalue weighted by Crippen LogP contribution is 2.30. The summed E-state index contributed by atoms with van der Waals surface area (Å²) in [7, 11) is 0. The predicted octanol–water partition coefficient (Wildman–Crippen LogP) is 3.61. The smallest absolute Gasteiger partial charge is 0.323 e. The van der Waals surface area contributed by atoms with Gasteiger partial charge in [-0.3, -0.25) is 4.79 Å². The fourth-order valence-electron chi connectivity index (χ4n) is 2.23. The van der Waals surface area contributed by atoms with Crippen molar-refractivity contribution < 1.29 is 15.0 Å². The Labute approximate surface area is 185 Å². The molecule has 0 spiro atoms. The van der Waals surface area contributed by atoms with Gasteiger partial charge in [-0.1, -0.05) is 76.7 Å². The maximum atomic E-state index is 12.0. The highest BCUT2D eigenvalue weighted by atomic mass is 35.5. The van der Waals surface area contributed by atoms with Crippen molar-refractivity contribution in [2.45, 2.75) is 21.4 Å². The van der Waals surface area contributed by atoms with Crippen LogP contribution in [0.15, 0.2) is 62.3 Å². The SMILES string of the molecule is C/C(=N\NC(=O)CSc1n[nH+]c(SCc2ccccc2Cl)s1)c1ccccc1[O-]. The zero-order valence-electron chi connectivity index (χ0n) is 15.3. The molecule has 1 heterocycles. The largest absolute Gasteiger partial charge is 0.872 e. The van der Waals surface area contributed by atoms with Gasteiger partial charge >= 0.3 is 4.34 Å². The summed E-state index contributed by atoms with van der Waals surface area (Å²) in [6, 6.07) is 14.3. The lowest BCUT2D eigenvalue weighted by atomic mass is 10.1. The molecule has 0 fully saturated rings. The van der Waals surface area contributed by atoms with Crippen LogP contribution in [0.4, 0.5) is 0 Å². The maximum absolute atomic E-state index is 12.0. The van der Waals surface area contributed by atoms with Crippen molar-refractivity contribution >= 4 is 58.1 Å². The van der Waals surface area contributed by atoms with Crippen LogP contribution in [0.5, 0.6) is 5.75 Å². The molecule has 0 bridgehead atoms.